The quantitative estimate of drug-likeness (QED) is 0.803. The highest BCUT2D eigenvalue weighted by Crippen LogP contribution is 2.32. The molecule has 0 radical (unpaired) electrons. The highest BCUT2D eigenvalue weighted by Gasteiger charge is 2.16. The number of benzene rings is 2. The molecule has 6 nitrogen and oxygen atoms in total. The zero-order valence-electron chi connectivity index (χ0n) is 14.5. The minimum Gasteiger partial charge on any atom is -0.454 e. The van der Waals surface area contributed by atoms with Gasteiger partial charge in [-0.3, -0.25) is 4.79 Å². The Balaban J connectivity index is 1.48. The van der Waals surface area contributed by atoms with Crippen LogP contribution in [0, 0.1) is 6.92 Å². The summed E-state index contributed by atoms with van der Waals surface area (Å²) in [5.41, 5.74) is 2.57. The number of rotatable bonds is 7. The van der Waals surface area contributed by atoms with Crippen LogP contribution in [0.25, 0.3) is 0 Å². The van der Waals surface area contributed by atoms with E-state index in [-0.39, 0.29) is 30.6 Å². The summed E-state index contributed by atoms with van der Waals surface area (Å²) >= 11 is 0. The van der Waals surface area contributed by atoms with Gasteiger partial charge in [0.25, 0.3) is 0 Å². The van der Waals surface area contributed by atoms with E-state index in [0.29, 0.717) is 18.0 Å². The van der Waals surface area contributed by atoms with Gasteiger partial charge < -0.3 is 14.8 Å². The van der Waals surface area contributed by atoms with Crippen molar-refractivity contribution in [2.75, 3.05) is 12.5 Å². The van der Waals surface area contributed by atoms with E-state index in [4.69, 9.17) is 9.47 Å². The molecule has 1 aliphatic heterocycles. The van der Waals surface area contributed by atoms with Crippen molar-refractivity contribution in [2.45, 2.75) is 25.6 Å². The molecular weight excluding hydrogens is 354 g/mol. The maximum atomic E-state index is 12.2. The first-order valence-corrected chi connectivity index (χ1v) is 10.2. The number of hydrogen-bond acceptors (Lipinski definition) is 5. The maximum absolute atomic E-state index is 12.2. The number of carbonyl (C=O) groups excluding carboxylic acids is 1. The molecule has 0 atom stereocenters. The summed E-state index contributed by atoms with van der Waals surface area (Å²) in [4.78, 5) is 12.0. The van der Waals surface area contributed by atoms with Crippen molar-refractivity contribution in [3.05, 3.63) is 59.2 Å². The van der Waals surface area contributed by atoms with E-state index in [9.17, 15) is 13.2 Å². The van der Waals surface area contributed by atoms with Gasteiger partial charge in [-0.1, -0.05) is 30.3 Å². The van der Waals surface area contributed by atoms with E-state index in [0.717, 1.165) is 16.7 Å². The van der Waals surface area contributed by atoms with Crippen LogP contribution in [-0.2, 0) is 26.9 Å². The summed E-state index contributed by atoms with van der Waals surface area (Å²) in [5.74, 6) is 0.819. The van der Waals surface area contributed by atoms with Crippen molar-refractivity contribution >= 4 is 15.7 Å². The Morgan fingerprint density at radius 3 is 2.69 bits per heavy atom. The van der Waals surface area contributed by atoms with Crippen molar-refractivity contribution in [1.82, 2.24) is 5.32 Å². The minimum atomic E-state index is -3.34. The molecule has 2 aromatic carbocycles. The Hall–Kier alpha value is -2.54. The smallest absolute Gasteiger partial charge is 0.231 e. The average molecular weight is 375 g/mol. The lowest BCUT2D eigenvalue weighted by molar-refractivity contribution is -0.120. The van der Waals surface area contributed by atoms with Gasteiger partial charge in [0.05, 0.1) is 11.5 Å². The van der Waals surface area contributed by atoms with E-state index in [1.54, 1.807) is 18.2 Å². The summed E-state index contributed by atoms with van der Waals surface area (Å²) in [6.07, 6.45) is -0.0568. The van der Waals surface area contributed by atoms with E-state index < -0.39 is 9.84 Å². The second kappa shape index (κ2) is 7.78. The van der Waals surface area contributed by atoms with Crippen LogP contribution < -0.4 is 14.8 Å². The molecule has 0 fully saturated rings. The molecule has 0 spiro atoms. The number of ether oxygens (including phenoxy) is 2. The van der Waals surface area contributed by atoms with E-state index in [2.05, 4.69) is 5.32 Å². The molecule has 1 amide bonds. The molecule has 0 unspecified atom stereocenters. The van der Waals surface area contributed by atoms with Gasteiger partial charge in [-0.25, -0.2) is 8.42 Å². The number of hydrogen-bond donors (Lipinski definition) is 1. The molecule has 1 aliphatic rings. The first-order chi connectivity index (χ1) is 12.4. The summed E-state index contributed by atoms with van der Waals surface area (Å²) in [5, 5.41) is 2.74. The topological polar surface area (TPSA) is 81.7 Å². The zero-order chi connectivity index (χ0) is 18.6. The summed E-state index contributed by atoms with van der Waals surface area (Å²) in [6.45, 7) is 2.39. The van der Waals surface area contributed by atoms with Gasteiger partial charge in [0, 0.05) is 13.0 Å². The lowest BCUT2D eigenvalue weighted by Crippen LogP contribution is -2.25. The predicted molar refractivity (Wildman–Crippen MR) is 97.7 cm³/mol. The zero-order valence-corrected chi connectivity index (χ0v) is 15.3. The molecule has 2 aromatic rings. The molecule has 0 saturated carbocycles. The Morgan fingerprint density at radius 1 is 1.12 bits per heavy atom. The third-order valence-corrected chi connectivity index (χ3v) is 5.78. The summed E-state index contributed by atoms with van der Waals surface area (Å²) in [7, 11) is -3.34. The number of carbonyl (C=O) groups is 1. The van der Waals surface area contributed by atoms with Crippen LogP contribution in [-0.4, -0.2) is 26.9 Å². The fraction of sp³-hybridized carbons (Fsp3) is 0.316. The van der Waals surface area contributed by atoms with Crippen molar-refractivity contribution in [1.29, 1.82) is 0 Å². The highest BCUT2D eigenvalue weighted by atomic mass is 32.2. The molecule has 0 aliphatic carbocycles. The molecule has 7 heteroatoms. The van der Waals surface area contributed by atoms with E-state index >= 15 is 0 Å². The van der Waals surface area contributed by atoms with Crippen molar-refractivity contribution < 1.29 is 22.7 Å². The fourth-order valence-corrected chi connectivity index (χ4v) is 4.11. The maximum Gasteiger partial charge on any atom is 0.231 e. The van der Waals surface area contributed by atoms with Crippen LogP contribution in [0.4, 0.5) is 0 Å². The lowest BCUT2D eigenvalue weighted by Gasteiger charge is -2.08. The standard InChI is InChI=1S/C19H21NO5S/c1-14-4-2-3-5-16(14)12-26(22,23)9-8-19(21)20-11-15-6-7-17-18(10-15)25-13-24-17/h2-7,10H,8-9,11-13H2,1H3,(H,20,21). The van der Waals surface area contributed by atoms with Crippen LogP contribution in [0.3, 0.4) is 0 Å². The average Bonchev–Trinajstić information content (AvgIpc) is 3.08. The van der Waals surface area contributed by atoms with Crippen molar-refractivity contribution in [3.63, 3.8) is 0 Å². The molecule has 0 bridgehead atoms. The first kappa shape index (κ1) is 18.3. The van der Waals surface area contributed by atoms with E-state index in [1.165, 1.54) is 0 Å². The normalized spacial score (nSPS) is 12.8. The third-order valence-electron chi connectivity index (χ3n) is 4.20. The molecule has 0 saturated heterocycles. The van der Waals surface area contributed by atoms with Gasteiger partial charge in [0.1, 0.15) is 0 Å². The first-order valence-electron chi connectivity index (χ1n) is 8.33. The fourth-order valence-electron chi connectivity index (χ4n) is 2.67. The largest absolute Gasteiger partial charge is 0.454 e. The second-order valence-electron chi connectivity index (χ2n) is 6.23. The number of sulfone groups is 1. The van der Waals surface area contributed by atoms with Gasteiger partial charge in [-0.05, 0) is 35.7 Å². The van der Waals surface area contributed by atoms with Crippen LogP contribution in [0.5, 0.6) is 11.5 Å². The number of fused-ring (bicyclic) bond motifs is 1. The molecule has 1 N–H and O–H groups in total. The molecule has 138 valence electrons. The van der Waals surface area contributed by atoms with Gasteiger partial charge in [0.15, 0.2) is 21.3 Å². The number of amides is 1. The van der Waals surface area contributed by atoms with Crippen molar-refractivity contribution in [3.8, 4) is 11.5 Å². The van der Waals surface area contributed by atoms with Gasteiger partial charge >= 0.3 is 0 Å². The Kier molecular flexibility index (Phi) is 5.46. The SMILES string of the molecule is Cc1ccccc1CS(=O)(=O)CCC(=O)NCc1ccc2c(c1)OCO2. The Labute approximate surface area is 153 Å². The molecule has 26 heavy (non-hydrogen) atoms. The molecule has 1 heterocycles. The van der Waals surface area contributed by atoms with Crippen LogP contribution in [0.1, 0.15) is 23.1 Å². The van der Waals surface area contributed by atoms with Crippen molar-refractivity contribution in [2.24, 2.45) is 0 Å². The van der Waals surface area contributed by atoms with Crippen LogP contribution >= 0.6 is 0 Å². The summed E-state index contributed by atoms with van der Waals surface area (Å²) < 4.78 is 35.0. The predicted octanol–water partition coefficient (Wildman–Crippen LogP) is 2.35. The van der Waals surface area contributed by atoms with Gasteiger partial charge in [0.2, 0.25) is 12.7 Å². The van der Waals surface area contributed by atoms with E-state index in [1.807, 2.05) is 31.2 Å². The minimum absolute atomic E-state index is 0.0465. The van der Waals surface area contributed by atoms with Crippen LogP contribution in [0.15, 0.2) is 42.5 Å². The third kappa shape index (κ3) is 4.76. The lowest BCUT2D eigenvalue weighted by atomic mass is 10.1. The number of nitrogens with one attached hydrogen (secondary N) is 1. The van der Waals surface area contributed by atoms with Gasteiger partial charge in [-0.2, -0.15) is 0 Å². The van der Waals surface area contributed by atoms with Gasteiger partial charge in [-0.15, -0.1) is 0 Å². The monoisotopic (exact) mass is 375 g/mol. The molecule has 0 aromatic heterocycles. The summed E-state index contributed by atoms with van der Waals surface area (Å²) in [6, 6.07) is 12.8. The van der Waals surface area contributed by atoms with Crippen LogP contribution in [0.2, 0.25) is 0 Å². The number of aryl methyl sites for hydroxylation is 1. The molecule has 3 rings (SSSR count). The second-order valence-corrected chi connectivity index (χ2v) is 8.42. The Morgan fingerprint density at radius 2 is 1.88 bits per heavy atom. The molecular formula is C19H21NO5S. The highest BCUT2D eigenvalue weighted by molar-refractivity contribution is 7.90. The Bertz CT molecular complexity index is 908.